The predicted octanol–water partition coefficient (Wildman–Crippen LogP) is 4.68. The highest BCUT2D eigenvalue weighted by Crippen LogP contribution is 2.34. The minimum atomic E-state index is -0.695. The summed E-state index contributed by atoms with van der Waals surface area (Å²) in [5.41, 5.74) is 0.489. The minimum absolute atomic E-state index is 0.0680. The maximum atomic E-state index is 13.3. The van der Waals surface area contributed by atoms with Crippen LogP contribution in [-0.2, 0) is 14.3 Å². The van der Waals surface area contributed by atoms with Crippen LogP contribution < -0.4 is 10.6 Å². The number of benzene rings is 1. The fourth-order valence-electron chi connectivity index (χ4n) is 5.36. The summed E-state index contributed by atoms with van der Waals surface area (Å²) >= 11 is 12.3. The smallest absolute Gasteiger partial charge is 0.310 e. The van der Waals surface area contributed by atoms with Crippen LogP contribution in [0, 0.1) is 5.92 Å². The van der Waals surface area contributed by atoms with Gasteiger partial charge >= 0.3 is 5.97 Å². The molecule has 0 spiro atoms. The number of nitrogens with zero attached hydrogens (tertiary/aromatic N) is 1. The van der Waals surface area contributed by atoms with E-state index in [-0.39, 0.29) is 35.3 Å². The zero-order valence-electron chi connectivity index (χ0n) is 21.5. The van der Waals surface area contributed by atoms with Crippen LogP contribution >= 0.6 is 23.2 Å². The SMILES string of the molecule is COC(=O)[C@@H]1C[C@H](NC(C)(C)C)CC[C@@H]1N1CCC(NC(=O)c2ccc(-c3cc(Cl)ccc3Cl)o2)C1=O. The van der Waals surface area contributed by atoms with Crippen molar-refractivity contribution in [3.63, 3.8) is 0 Å². The topological polar surface area (TPSA) is 101 Å². The van der Waals surface area contributed by atoms with Crippen LogP contribution in [0.25, 0.3) is 11.3 Å². The molecule has 200 valence electrons. The summed E-state index contributed by atoms with van der Waals surface area (Å²) in [7, 11) is 1.38. The molecule has 2 aromatic rings. The normalized spacial score (nSPS) is 24.3. The number of ether oxygens (including phenoxy) is 1. The van der Waals surface area contributed by atoms with Gasteiger partial charge in [-0.15, -0.1) is 0 Å². The average Bonchev–Trinajstić information content (AvgIpc) is 3.47. The van der Waals surface area contributed by atoms with E-state index >= 15 is 0 Å². The molecule has 1 aliphatic heterocycles. The number of furan rings is 1. The summed E-state index contributed by atoms with van der Waals surface area (Å²) in [6.45, 7) is 6.74. The molecule has 2 N–H and O–H groups in total. The molecule has 1 unspecified atom stereocenters. The molecule has 1 saturated carbocycles. The maximum absolute atomic E-state index is 13.3. The lowest BCUT2D eigenvalue weighted by Crippen LogP contribution is -2.55. The summed E-state index contributed by atoms with van der Waals surface area (Å²) in [5, 5.41) is 7.30. The van der Waals surface area contributed by atoms with Crippen LogP contribution in [0.4, 0.5) is 0 Å². The largest absolute Gasteiger partial charge is 0.469 e. The lowest BCUT2D eigenvalue weighted by Gasteiger charge is -2.41. The molecule has 10 heteroatoms. The summed E-state index contributed by atoms with van der Waals surface area (Å²) in [6.07, 6.45) is 2.57. The number of hydrogen-bond donors (Lipinski definition) is 2. The first-order chi connectivity index (χ1) is 17.5. The van der Waals surface area contributed by atoms with E-state index in [1.165, 1.54) is 13.2 Å². The number of hydrogen-bond acceptors (Lipinski definition) is 6. The fraction of sp³-hybridized carbons (Fsp3) is 0.519. The van der Waals surface area contributed by atoms with Gasteiger partial charge in [-0.3, -0.25) is 14.4 Å². The standard InChI is InChI=1S/C27H33Cl2N3O5/c1-27(2,3)31-16-6-8-21(18(14-16)26(35)36-4)32-12-11-20(25(32)34)30-24(33)23-10-9-22(37-23)17-13-15(28)5-7-19(17)29/h5,7,9-10,13,16,18,20-21,31H,6,8,11-12,14H2,1-4H3,(H,30,33)/t16-,18-,20?,21+/m1/s1. The number of carbonyl (C=O) groups is 3. The summed E-state index contributed by atoms with van der Waals surface area (Å²) in [5.74, 6) is -0.955. The lowest BCUT2D eigenvalue weighted by molar-refractivity contribution is -0.151. The van der Waals surface area contributed by atoms with E-state index in [1.807, 2.05) is 0 Å². The van der Waals surface area contributed by atoms with Gasteiger partial charge in [-0.2, -0.15) is 0 Å². The minimum Gasteiger partial charge on any atom is -0.469 e. The van der Waals surface area contributed by atoms with Gasteiger partial charge in [0.1, 0.15) is 11.8 Å². The number of likely N-dealkylation sites (tertiary alicyclic amines) is 1. The molecule has 0 bridgehead atoms. The zero-order valence-corrected chi connectivity index (χ0v) is 23.0. The Labute approximate surface area is 227 Å². The molecule has 1 aromatic heterocycles. The highest BCUT2D eigenvalue weighted by molar-refractivity contribution is 6.35. The molecule has 37 heavy (non-hydrogen) atoms. The van der Waals surface area contributed by atoms with E-state index in [1.54, 1.807) is 29.2 Å². The maximum Gasteiger partial charge on any atom is 0.310 e. The Morgan fingerprint density at radius 1 is 1.11 bits per heavy atom. The first-order valence-corrected chi connectivity index (χ1v) is 13.2. The van der Waals surface area contributed by atoms with E-state index in [9.17, 15) is 14.4 Å². The highest BCUT2D eigenvalue weighted by atomic mass is 35.5. The molecule has 2 aliphatic rings. The van der Waals surface area contributed by atoms with Gasteiger partial charge in [0.2, 0.25) is 5.91 Å². The van der Waals surface area contributed by atoms with Crippen LogP contribution in [0.1, 0.15) is 57.0 Å². The Morgan fingerprint density at radius 3 is 2.57 bits per heavy atom. The number of amides is 2. The molecule has 4 atom stereocenters. The van der Waals surface area contributed by atoms with Gasteiger partial charge in [-0.1, -0.05) is 23.2 Å². The van der Waals surface area contributed by atoms with Crippen molar-refractivity contribution in [2.75, 3.05) is 13.7 Å². The quantitative estimate of drug-likeness (QED) is 0.507. The highest BCUT2D eigenvalue weighted by Gasteiger charge is 2.45. The van der Waals surface area contributed by atoms with Crippen LogP contribution in [0.5, 0.6) is 0 Å². The number of rotatable bonds is 6. The van der Waals surface area contributed by atoms with E-state index in [0.29, 0.717) is 47.2 Å². The third-order valence-electron chi connectivity index (χ3n) is 6.92. The second-order valence-corrected chi connectivity index (χ2v) is 11.6. The molecule has 1 saturated heterocycles. The number of methoxy groups -OCH3 is 1. The van der Waals surface area contributed by atoms with Gasteiger partial charge < -0.3 is 24.7 Å². The van der Waals surface area contributed by atoms with E-state index in [2.05, 4.69) is 31.4 Å². The van der Waals surface area contributed by atoms with Crippen LogP contribution in [0.3, 0.4) is 0 Å². The summed E-state index contributed by atoms with van der Waals surface area (Å²) in [6, 6.07) is 7.36. The fourth-order valence-corrected chi connectivity index (χ4v) is 5.74. The van der Waals surface area contributed by atoms with Crippen molar-refractivity contribution in [2.45, 2.75) is 70.1 Å². The summed E-state index contributed by atoms with van der Waals surface area (Å²) in [4.78, 5) is 40.6. The van der Waals surface area contributed by atoms with Gasteiger partial charge in [0.15, 0.2) is 5.76 Å². The monoisotopic (exact) mass is 549 g/mol. The van der Waals surface area contributed by atoms with Crippen molar-refractivity contribution in [3.8, 4) is 11.3 Å². The van der Waals surface area contributed by atoms with Crippen molar-refractivity contribution in [2.24, 2.45) is 5.92 Å². The molecule has 1 aliphatic carbocycles. The molecular weight excluding hydrogens is 517 g/mol. The number of esters is 1. The van der Waals surface area contributed by atoms with Crippen LogP contribution in [0.15, 0.2) is 34.7 Å². The number of carbonyl (C=O) groups excluding carboxylic acids is 3. The van der Waals surface area contributed by atoms with Gasteiger partial charge in [-0.05, 0) is 76.8 Å². The van der Waals surface area contributed by atoms with Crippen LogP contribution in [-0.4, -0.2) is 60.0 Å². The lowest BCUT2D eigenvalue weighted by atomic mass is 9.80. The first-order valence-electron chi connectivity index (χ1n) is 12.5. The van der Waals surface area contributed by atoms with E-state index in [4.69, 9.17) is 32.4 Å². The number of nitrogens with one attached hydrogen (secondary N) is 2. The van der Waals surface area contributed by atoms with E-state index in [0.717, 1.165) is 6.42 Å². The van der Waals surface area contributed by atoms with Gasteiger partial charge in [0, 0.05) is 34.8 Å². The Morgan fingerprint density at radius 2 is 1.86 bits per heavy atom. The van der Waals surface area contributed by atoms with Gasteiger partial charge in [0.25, 0.3) is 5.91 Å². The average molecular weight is 550 g/mol. The van der Waals surface area contributed by atoms with Crippen molar-refractivity contribution in [1.29, 1.82) is 0 Å². The van der Waals surface area contributed by atoms with Gasteiger partial charge in [-0.25, -0.2) is 0 Å². The Hall–Kier alpha value is -2.55. The van der Waals surface area contributed by atoms with Crippen molar-refractivity contribution in [3.05, 3.63) is 46.1 Å². The Kier molecular flexibility index (Phi) is 8.21. The van der Waals surface area contributed by atoms with Gasteiger partial charge in [0.05, 0.1) is 18.1 Å². The molecule has 1 aromatic carbocycles. The van der Waals surface area contributed by atoms with Crippen molar-refractivity contribution >= 4 is 41.0 Å². The van der Waals surface area contributed by atoms with E-state index < -0.39 is 17.9 Å². The Balaban J connectivity index is 1.42. The third kappa shape index (κ3) is 6.30. The molecule has 2 fully saturated rings. The predicted molar refractivity (Wildman–Crippen MR) is 142 cm³/mol. The van der Waals surface area contributed by atoms with Crippen molar-refractivity contribution < 1.29 is 23.5 Å². The molecule has 4 rings (SSSR count). The molecular formula is C27H33Cl2N3O5. The molecule has 0 radical (unpaired) electrons. The Bertz CT molecular complexity index is 1180. The third-order valence-corrected chi connectivity index (χ3v) is 7.49. The van der Waals surface area contributed by atoms with Crippen LogP contribution in [0.2, 0.25) is 10.0 Å². The molecule has 2 heterocycles. The molecule has 2 amide bonds. The second kappa shape index (κ2) is 11.1. The second-order valence-electron chi connectivity index (χ2n) is 10.7. The summed E-state index contributed by atoms with van der Waals surface area (Å²) < 4.78 is 10.8. The number of halogens is 2. The first kappa shape index (κ1) is 27.5. The molecule has 8 nitrogen and oxygen atoms in total. The zero-order chi connectivity index (χ0) is 26.9. The van der Waals surface area contributed by atoms with Crippen molar-refractivity contribution in [1.82, 2.24) is 15.5 Å².